The molecule has 0 atom stereocenters. The van der Waals surface area contributed by atoms with Gasteiger partial charge in [-0.25, -0.2) is 0 Å². The predicted octanol–water partition coefficient (Wildman–Crippen LogP) is 4.50. The first-order chi connectivity index (χ1) is 8.88. The molecule has 0 saturated carbocycles. The topological polar surface area (TPSA) is 9.23 Å². The van der Waals surface area contributed by atoms with Crippen molar-refractivity contribution >= 4 is 17.8 Å². The Morgan fingerprint density at radius 2 is 1.72 bits per heavy atom. The molecule has 0 aliphatic heterocycles. The van der Waals surface area contributed by atoms with Crippen LogP contribution >= 0.6 is 11.8 Å². The maximum absolute atomic E-state index is 5.13. The van der Waals surface area contributed by atoms with E-state index in [4.69, 9.17) is 4.74 Å². The van der Waals surface area contributed by atoms with Crippen molar-refractivity contribution in [2.45, 2.75) is 4.90 Å². The molecule has 0 amide bonds. The van der Waals surface area contributed by atoms with Gasteiger partial charge in [-0.1, -0.05) is 42.5 Å². The Labute approximate surface area is 112 Å². The van der Waals surface area contributed by atoms with Gasteiger partial charge in [0.1, 0.15) is 5.75 Å². The average Bonchev–Trinajstić information content (AvgIpc) is 2.45. The first kappa shape index (κ1) is 12.8. The fourth-order valence-corrected chi connectivity index (χ4v) is 2.28. The van der Waals surface area contributed by atoms with Crippen molar-refractivity contribution in [1.29, 1.82) is 0 Å². The van der Waals surface area contributed by atoms with Crippen LogP contribution in [0.4, 0.5) is 0 Å². The maximum atomic E-state index is 5.13. The smallest absolute Gasteiger partial charge is 0.118 e. The third-order valence-electron chi connectivity index (χ3n) is 2.52. The van der Waals surface area contributed by atoms with Crippen LogP contribution < -0.4 is 4.74 Å². The fourth-order valence-electron chi connectivity index (χ4n) is 1.56. The van der Waals surface area contributed by atoms with Crippen LogP contribution in [0.5, 0.6) is 5.75 Å². The number of hydrogen-bond donors (Lipinski definition) is 0. The number of ether oxygens (including phenoxy) is 1. The highest BCUT2D eigenvalue weighted by Crippen LogP contribution is 2.21. The largest absolute Gasteiger partial charge is 0.497 e. The minimum Gasteiger partial charge on any atom is -0.497 e. The molecule has 0 aliphatic carbocycles. The van der Waals surface area contributed by atoms with E-state index >= 15 is 0 Å². The average molecular weight is 256 g/mol. The molecule has 92 valence electrons. The molecule has 0 saturated heterocycles. The van der Waals surface area contributed by atoms with E-state index in [1.54, 1.807) is 7.11 Å². The van der Waals surface area contributed by atoms with Crippen LogP contribution in [0.1, 0.15) is 5.56 Å². The summed E-state index contributed by atoms with van der Waals surface area (Å²) in [7, 11) is 1.69. The van der Waals surface area contributed by atoms with Crippen molar-refractivity contribution in [2.75, 3.05) is 12.9 Å². The first-order valence-electron chi connectivity index (χ1n) is 5.87. The van der Waals surface area contributed by atoms with Crippen molar-refractivity contribution in [3.63, 3.8) is 0 Å². The van der Waals surface area contributed by atoms with Crippen LogP contribution in [0, 0.1) is 0 Å². The normalized spacial score (nSPS) is 10.7. The molecule has 2 rings (SSSR count). The zero-order valence-corrected chi connectivity index (χ0v) is 11.2. The van der Waals surface area contributed by atoms with Crippen LogP contribution in [-0.2, 0) is 0 Å². The molecule has 2 aromatic rings. The molecule has 0 unspecified atom stereocenters. The van der Waals surface area contributed by atoms with Crippen molar-refractivity contribution in [3.05, 3.63) is 66.2 Å². The van der Waals surface area contributed by atoms with E-state index in [0.29, 0.717) is 0 Å². The minimum absolute atomic E-state index is 0.902. The fraction of sp³-hybridized carbons (Fsp3) is 0.125. The summed E-state index contributed by atoms with van der Waals surface area (Å²) in [5.74, 6) is 1.88. The molecule has 0 N–H and O–H groups in total. The van der Waals surface area contributed by atoms with Crippen molar-refractivity contribution < 1.29 is 4.74 Å². The Morgan fingerprint density at radius 1 is 1.00 bits per heavy atom. The predicted molar refractivity (Wildman–Crippen MR) is 79.2 cm³/mol. The van der Waals surface area contributed by atoms with E-state index in [9.17, 15) is 0 Å². The zero-order chi connectivity index (χ0) is 12.6. The van der Waals surface area contributed by atoms with Gasteiger partial charge in [0, 0.05) is 10.6 Å². The van der Waals surface area contributed by atoms with E-state index < -0.39 is 0 Å². The van der Waals surface area contributed by atoms with Crippen LogP contribution in [0.2, 0.25) is 0 Å². The molecule has 0 heterocycles. The number of rotatable bonds is 5. The Kier molecular flexibility index (Phi) is 4.91. The quantitative estimate of drug-likeness (QED) is 0.728. The molecule has 1 nitrogen and oxygen atoms in total. The number of methoxy groups -OCH3 is 1. The second-order valence-electron chi connectivity index (χ2n) is 3.80. The molecule has 0 radical (unpaired) electrons. The summed E-state index contributed by atoms with van der Waals surface area (Å²) < 4.78 is 5.13. The highest BCUT2D eigenvalue weighted by atomic mass is 32.2. The highest BCUT2D eigenvalue weighted by molar-refractivity contribution is 7.99. The zero-order valence-electron chi connectivity index (χ0n) is 10.4. The third-order valence-corrected chi connectivity index (χ3v) is 3.48. The van der Waals surface area contributed by atoms with E-state index in [-0.39, 0.29) is 0 Å². The van der Waals surface area contributed by atoms with Gasteiger partial charge in [0.25, 0.3) is 0 Å². The van der Waals surface area contributed by atoms with Crippen LogP contribution in [0.3, 0.4) is 0 Å². The number of hydrogen-bond acceptors (Lipinski definition) is 2. The lowest BCUT2D eigenvalue weighted by Crippen LogP contribution is -1.81. The van der Waals surface area contributed by atoms with Crippen LogP contribution in [0.25, 0.3) is 6.08 Å². The second kappa shape index (κ2) is 6.92. The van der Waals surface area contributed by atoms with Crippen molar-refractivity contribution in [3.8, 4) is 5.75 Å². The number of benzene rings is 2. The van der Waals surface area contributed by atoms with Gasteiger partial charge in [0.05, 0.1) is 7.11 Å². The van der Waals surface area contributed by atoms with Gasteiger partial charge >= 0.3 is 0 Å². The molecular formula is C16H16OS. The molecule has 0 bridgehead atoms. The van der Waals surface area contributed by atoms with Crippen LogP contribution in [-0.4, -0.2) is 12.9 Å². The minimum atomic E-state index is 0.902. The Hall–Kier alpha value is -1.67. The van der Waals surface area contributed by atoms with Gasteiger partial charge in [-0.3, -0.25) is 0 Å². The van der Waals surface area contributed by atoms with E-state index in [0.717, 1.165) is 11.5 Å². The lowest BCUT2D eigenvalue weighted by molar-refractivity contribution is 0.414. The standard InChI is InChI=1S/C16H16OS/c1-17-15-9-11-16(12-10-15)18-13-5-8-14-6-3-2-4-7-14/h2-12H,13H2,1H3/b8-5+. The molecule has 0 aromatic heterocycles. The Morgan fingerprint density at radius 3 is 2.39 bits per heavy atom. The molecule has 0 spiro atoms. The third kappa shape index (κ3) is 3.97. The highest BCUT2D eigenvalue weighted by Gasteiger charge is 1.93. The Bertz CT molecular complexity index is 488. The van der Waals surface area contributed by atoms with Gasteiger partial charge < -0.3 is 4.74 Å². The summed E-state index contributed by atoms with van der Waals surface area (Å²) >= 11 is 1.82. The summed E-state index contributed by atoms with van der Waals surface area (Å²) in [6.45, 7) is 0. The van der Waals surface area contributed by atoms with Crippen LogP contribution in [0.15, 0.2) is 65.6 Å². The summed E-state index contributed by atoms with van der Waals surface area (Å²) in [4.78, 5) is 1.26. The van der Waals surface area contributed by atoms with Crippen molar-refractivity contribution in [2.24, 2.45) is 0 Å². The number of thioether (sulfide) groups is 1. The van der Waals surface area contributed by atoms with Gasteiger partial charge in [-0.2, -0.15) is 0 Å². The summed E-state index contributed by atoms with van der Waals surface area (Å²) in [6.07, 6.45) is 4.33. The first-order valence-corrected chi connectivity index (χ1v) is 6.85. The molecule has 18 heavy (non-hydrogen) atoms. The van der Waals surface area contributed by atoms with Gasteiger partial charge in [-0.05, 0) is 29.8 Å². The lowest BCUT2D eigenvalue weighted by atomic mass is 10.2. The van der Waals surface area contributed by atoms with E-state index in [1.807, 2.05) is 30.0 Å². The molecule has 2 aromatic carbocycles. The van der Waals surface area contributed by atoms with Crippen molar-refractivity contribution in [1.82, 2.24) is 0 Å². The summed E-state index contributed by atoms with van der Waals surface area (Å²) in [5.41, 5.74) is 1.24. The molecule has 2 heteroatoms. The van der Waals surface area contributed by atoms with E-state index in [1.165, 1.54) is 10.5 Å². The molecule has 0 fully saturated rings. The van der Waals surface area contributed by atoms with Gasteiger partial charge in [0.15, 0.2) is 0 Å². The second-order valence-corrected chi connectivity index (χ2v) is 4.89. The SMILES string of the molecule is COc1ccc(SC/C=C/c2ccccc2)cc1. The maximum Gasteiger partial charge on any atom is 0.118 e. The molecular weight excluding hydrogens is 240 g/mol. The van der Waals surface area contributed by atoms with Gasteiger partial charge in [0.2, 0.25) is 0 Å². The summed E-state index contributed by atoms with van der Waals surface area (Å²) in [5, 5.41) is 0. The lowest BCUT2D eigenvalue weighted by Gasteiger charge is -2.01. The van der Waals surface area contributed by atoms with Gasteiger partial charge in [-0.15, -0.1) is 11.8 Å². The molecule has 0 aliphatic rings. The van der Waals surface area contributed by atoms with E-state index in [2.05, 4.69) is 48.6 Å². The monoisotopic (exact) mass is 256 g/mol. The Balaban J connectivity index is 1.83. The summed E-state index contributed by atoms with van der Waals surface area (Å²) in [6, 6.07) is 18.5.